The van der Waals surface area contributed by atoms with Gasteiger partial charge in [0.15, 0.2) is 0 Å². The van der Waals surface area contributed by atoms with Crippen molar-refractivity contribution < 1.29 is 9.52 Å². The Balaban J connectivity index is 2.33. The molecule has 3 heteroatoms. The lowest BCUT2D eigenvalue weighted by atomic mass is 10.1. The molecule has 0 aliphatic heterocycles. The first kappa shape index (κ1) is 8.53. The van der Waals surface area contributed by atoms with Crippen LogP contribution in [0.5, 0.6) is 0 Å². The molecule has 2 aromatic heterocycles. The second-order valence-electron chi connectivity index (χ2n) is 2.85. The molecule has 0 bridgehead atoms. The molecule has 2 aromatic rings. The Bertz CT molecular complexity index is 375. The summed E-state index contributed by atoms with van der Waals surface area (Å²) in [5.74, 6) is 0.779. The maximum Gasteiger partial charge on any atom is 0.117 e. The summed E-state index contributed by atoms with van der Waals surface area (Å²) < 4.78 is 5.13. The molecular weight excluding hydrogens is 184 g/mol. The van der Waals surface area contributed by atoms with Crippen LogP contribution >= 0.6 is 11.3 Å². The van der Waals surface area contributed by atoms with Gasteiger partial charge in [-0.05, 0) is 24.4 Å². The van der Waals surface area contributed by atoms with Crippen LogP contribution in [0.4, 0.5) is 0 Å². The largest absolute Gasteiger partial charge is 0.469 e. The second kappa shape index (κ2) is 3.36. The van der Waals surface area contributed by atoms with E-state index in [4.69, 9.17) is 4.42 Å². The van der Waals surface area contributed by atoms with Crippen LogP contribution in [0.25, 0.3) is 0 Å². The van der Waals surface area contributed by atoms with Crippen molar-refractivity contribution in [1.82, 2.24) is 0 Å². The summed E-state index contributed by atoms with van der Waals surface area (Å²) in [7, 11) is 0. The Morgan fingerprint density at radius 3 is 2.85 bits per heavy atom. The molecule has 0 amide bonds. The second-order valence-corrected chi connectivity index (χ2v) is 3.83. The fraction of sp³-hybridized carbons (Fsp3) is 0.200. The summed E-state index contributed by atoms with van der Waals surface area (Å²) in [6.45, 7) is 1.85. The quantitative estimate of drug-likeness (QED) is 0.797. The molecule has 2 rings (SSSR count). The lowest BCUT2D eigenvalue weighted by Gasteiger charge is -2.05. The molecule has 0 saturated carbocycles. The van der Waals surface area contributed by atoms with Crippen molar-refractivity contribution in [1.29, 1.82) is 0 Å². The van der Waals surface area contributed by atoms with Crippen LogP contribution in [-0.4, -0.2) is 5.11 Å². The third-order valence-corrected chi connectivity index (χ3v) is 2.93. The van der Waals surface area contributed by atoms with Crippen molar-refractivity contribution in [3.05, 3.63) is 46.0 Å². The third-order valence-electron chi connectivity index (χ3n) is 2.01. The van der Waals surface area contributed by atoms with Crippen molar-refractivity contribution in [3.63, 3.8) is 0 Å². The highest BCUT2D eigenvalue weighted by Crippen LogP contribution is 2.28. The first-order valence-corrected chi connectivity index (χ1v) is 4.92. The van der Waals surface area contributed by atoms with Crippen LogP contribution in [0.1, 0.15) is 22.3 Å². The van der Waals surface area contributed by atoms with E-state index in [2.05, 4.69) is 0 Å². The zero-order valence-corrected chi connectivity index (χ0v) is 8.04. The van der Waals surface area contributed by atoms with E-state index < -0.39 is 6.10 Å². The van der Waals surface area contributed by atoms with E-state index in [0.717, 1.165) is 16.2 Å². The average molecular weight is 194 g/mol. The highest BCUT2D eigenvalue weighted by atomic mass is 32.1. The minimum absolute atomic E-state index is 0.543. The molecule has 0 fully saturated rings. The van der Waals surface area contributed by atoms with Gasteiger partial charge in [-0.15, -0.1) is 11.3 Å². The number of aryl methyl sites for hydroxylation is 1. The van der Waals surface area contributed by atoms with Crippen molar-refractivity contribution in [2.24, 2.45) is 0 Å². The van der Waals surface area contributed by atoms with Gasteiger partial charge in [0.05, 0.1) is 6.26 Å². The van der Waals surface area contributed by atoms with E-state index in [-0.39, 0.29) is 0 Å². The van der Waals surface area contributed by atoms with E-state index in [1.807, 2.05) is 24.4 Å². The number of aliphatic hydroxyl groups is 1. The molecule has 0 spiro atoms. The monoisotopic (exact) mass is 194 g/mol. The molecule has 0 aliphatic carbocycles. The van der Waals surface area contributed by atoms with E-state index in [1.165, 1.54) is 0 Å². The van der Waals surface area contributed by atoms with Gasteiger partial charge in [0, 0.05) is 10.4 Å². The standard InChI is InChI=1S/C10H10O2S/c1-7-8(4-5-12-7)10(11)9-3-2-6-13-9/h2-6,10-11H,1H3. The van der Waals surface area contributed by atoms with Crippen LogP contribution in [0.3, 0.4) is 0 Å². The van der Waals surface area contributed by atoms with Crippen LogP contribution in [0.15, 0.2) is 34.3 Å². The Labute approximate surface area is 80.4 Å². The number of hydrogen-bond donors (Lipinski definition) is 1. The highest BCUT2D eigenvalue weighted by molar-refractivity contribution is 7.10. The Hall–Kier alpha value is -1.06. The number of rotatable bonds is 2. The summed E-state index contributed by atoms with van der Waals surface area (Å²) in [5.41, 5.74) is 0.849. The van der Waals surface area contributed by atoms with Crippen LogP contribution in [0, 0.1) is 6.92 Å². The molecule has 1 atom stereocenters. The molecule has 0 aliphatic rings. The summed E-state index contributed by atoms with van der Waals surface area (Å²) in [4.78, 5) is 0.949. The average Bonchev–Trinajstić information content (AvgIpc) is 2.72. The van der Waals surface area contributed by atoms with E-state index in [0.29, 0.717) is 0 Å². The zero-order valence-electron chi connectivity index (χ0n) is 7.23. The molecule has 1 unspecified atom stereocenters. The van der Waals surface area contributed by atoms with Crippen molar-refractivity contribution in [3.8, 4) is 0 Å². The summed E-state index contributed by atoms with van der Waals surface area (Å²) in [6.07, 6.45) is 1.06. The van der Waals surface area contributed by atoms with Crippen LogP contribution < -0.4 is 0 Å². The van der Waals surface area contributed by atoms with Gasteiger partial charge in [-0.1, -0.05) is 6.07 Å². The summed E-state index contributed by atoms with van der Waals surface area (Å²) in [6, 6.07) is 5.65. The van der Waals surface area contributed by atoms with Gasteiger partial charge in [0.1, 0.15) is 11.9 Å². The number of thiophene rings is 1. The zero-order chi connectivity index (χ0) is 9.26. The first-order valence-electron chi connectivity index (χ1n) is 4.04. The van der Waals surface area contributed by atoms with E-state index >= 15 is 0 Å². The lowest BCUT2D eigenvalue weighted by molar-refractivity contribution is 0.222. The molecule has 0 aromatic carbocycles. The van der Waals surface area contributed by atoms with Crippen molar-refractivity contribution >= 4 is 11.3 Å². The normalized spacial score (nSPS) is 13.1. The Kier molecular flexibility index (Phi) is 2.20. The molecule has 13 heavy (non-hydrogen) atoms. The molecule has 0 saturated heterocycles. The smallest absolute Gasteiger partial charge is 0.117 e. The molecule has 68 valence electrons. The molecule has 2 nitrogen and oxygen atoms in total. The highest BCUT2D eigenvalue weighted by Gasteiger charge is 2.15. The minimum Gasteiger partial charge on any atom is -0.469 e. The fourth-order valence-corrected chi connectivity index (χ4v) is 2.01. The molecular formula is C10H10O2S. The SMILES string of the molecule is Cc1occc1C(O)c1cccs1. The van der Waals surface area contributed by atoms with Crippen molar-refractivity contribution in [2.75, 3.05) is 0 Å². The van der Waals surface area contributed by atoms with Gasteiger partial charge in [0.25, 0.3) is 0 Å². The first-order chi connectivity index (χ1) is 6.29. The minimum atomic E-state index is -0.543. The van der Waals surface area contributed by atoms with Gasteiger partial charge in [-0.25, -0.2) is 0 Å². The third kappa shape index (κ3) is 1.53. The predicted molar refractivity (Wildman–Crippen MR) is 51.8 cm³/mol. The predicted octanol–water partition coefficient (Wildman–Crippen LogP) is 2.73. The van der Waals surface area contributed by atoms with E-state index in [1.54, 1.807) is 23.7 Å². The van der Waals surface area contributed by atoms with Crippen LogP contribution in [0.2, 0.25) is 0 Å². The number of furan rings is 1. The van der Waals surface area contributed by atoms with Gasteiger partial charge in [-0.3, -0.25) is 0 Å². The summed E-state index contributed by atoms with van der Waals surface area (Å²) in [5, 5.41) is 11.9. The maximum atomic E-state index is 9.90. The molecule has 2 heterocycles. The fourth-order valence-electron chi connectivity index (χ4n) is 1.28. The molecule has 0 radical (unpaired) electrons. The maximum absolute atomic E-state index is 9.90. The lowest BCUT2D eigenvalue weighted by Crippen LogP contribution is -1.96. The van der Waals surface area contributed by atoms with Crippen LogP contribution in [-0.2, 0) is 0 Å². The Morgan fingerprint density at radius 2 is 2.31 bits per heavy atom. The topological polar surface area (TPSA) is 33.4 Å². The van der Waals surface area contributed by atoms with Gasteiger partial charge < -0.3 is 9.52 Å². The van der Waals surface area contributed by atoms with Gasteiger partial charge in [-0.2, -0.15) is 0 Å². The number of hydrogen-bond acceptors (Lipinski definition) is 3. The molecule has 1 N–H and O–H groups in total. The van der Waals surface area contributed by atoms with Crippen molar-refractivity contribution in [2.45, 2.75) is 13.0 Å². The van der Waals surface area contributed by atoms with Gasteiger partial charge >= 0.3 is 0 Å². The Morgan fingerprint density at radius 1 is 1.46 bits per heavy atom. The number of aliphatic hydroxyl groups excluding tert-OH is 1. The summed E-state index contributed by atoms with van der Waals surface area (Å²) >= 11 is 1.55. The van der Waals surface area contributed by atoms with E-state index in [9.17, 15) is 5.11 Å². The van der Waals surface area contributed by atoms with Gasteiger partial charge in [0.2, 0.25) is 0 Å².